The van der Waals surface area contributed by atoms with Crippen LogP contribution in [-0.4, -0.2) is 45.3 Å². The maximum Gasteiger partial charge on any atom is 0.414 e. The van der Waals surface area contributed by atoms with Crippen LogP contribution in [0.15, 0.2) is 48.7 Å². The molecule has 1 aromatic carbocycles. The molecule has 2 aromatic rings. The zero-order valence-corrected chi connectivity index (χ0v) is 14.1. The largest absolute Gasteiger partial charge is 0.473 e. The second-order valence-electron chi connectivity index (χ2n) is 4.96. The number of aliphatic hydroxyl groups is 1. The average molecular weight is 367 g/mol. The summed E-state index contributed by atoms with van der Waals surface area (Å²) in [5.41, 5.74) is 1.88. The molecule has 0 radical (unpaired) electrons. The van der Waals surface area contributed by atoms with Gasteiger partial charge in [-0.15, -0.1) is 0 Å². The van der Waals surface area contributed by atoms with Gasteiger partial charge < -0.3 is 20.6 Å². The molecular formula is C17H19ClN2O5. The number of nitrogens with one attached hydrogen (secondary N) is 1. The van der Waals surface area contributed by atoms with E-state index in [9.17, 15) is 5.11 Å². The standard InChI is InChI=1S/C15H17ClN2O.C2H2O4/c16-13-5-3-4-12(10-13)15(19)11-17-9-7-14-6-1-2-8-18-14;3-1(4)2(5)6/h1-6,8,10,15,17,19H,7,9,11H2;(H,3,4)(H,5,6). The van der Waals surface area contributed by atoms with Crippen LogP contribution >= 0.6 is 11.6 Å². The normalized spacial score (nSPS) is 11.1. The van der Waals surface area contributed by atoms with E-state index in [1.165, 1.54) is 0 Å². The van der Waals surface area contributed by atoms with Crippen LogP contribution in [0.5, 0.6) is 0 Å². The summed E-state index contributed by atoms with van der Waals surface area (Å²) in [6.07, 6.45) is 2.10. The first-order valence-corrected chi connectivity index (χ1v) is 7.78. The number of benzene rings is 1. The van der Waals surface area contributed by atoms with E-state index in [1.807, 2.05) is 30.3 Å². The lowest BCUT2D eigenvalue weighted by Crippen LogP contribution is -2.24. The molecule has 134 valence electrons. The molecule has 0 spiro atoms. The molecule has 0 aliphatic rings. The number of aliphatic carboxylic acids is 2. The highest BCUT2D eigenvalue weighted by atomic mass is 35.5. The van der Waals surface area contributed by atoms with Gasteiger partial charge in [0.2, 0.25) is 0 Å². The van der Waals surface area contributed by atoms with Crippen molar-refractivity contribution in [1.29, 1.82) is 0 Å². The predicted octanol–water partition coefficient (Wildman–Crippen LogP) is 1.76. The van der Waals surface area contributed by atoms with Crippen molar-refractivity contribution in [3.05, 3.63) is 64.9 Å². The van der Waals surface area contributed by atoms with Gasteiger partial charge in [0.05, 0.1) is 6.10 Å². The molecule has 0 aliphatic heterocycles. The molecule has 1 atom stereocenters. The second-order valence-corrected chi connectivity index (χ2v) is 5.39. The van der Waals surface area contributed by atoms with Gasteiger partial charge in [0.15, 0.2) is 0 Å². The molecule has 0 bridgehead atoms. The number of pyridine rings is 1. The van der Waals surface area contributed by atoms with Crippen molar-refractivity contribution in [2.45, 2.75) is 12.5 Å². The number of rotatable bonds is 6. The van der Waals surface area contributed by atoms with E-state index in [0.29, 0.717) is 11.6 Å². The molecule has 0 saturated heterocycles. The number of hydrogen-bond acceptors (Lipinski definition) is 5. The van der Waals surface area contributed by atoms with E-state index in [4.69, 9.17) is 31.4 Å². The van der Waals surface area contributed by atoms with Crippen LogP contribution in [0.25, 0.3) is 0 Å². The Bertz CT molecular complexity index is 670. The number of aromatic nitrogens is 1. The Kier molecular flexibility index (Phi) is 9.16. The lowest BCUT2D eigenvalue weighted by Gasteiger charge is -2.12. The molecule has 4 N–H and O–H groups in total. The molecular weight excluding hydrogens is 348 g/mol. The minimum absolute atomic E-state index is 0.507. The molecule has 7 nitrogen and oxygen atoms in total. The van der Waals surface area contributed by atoms with Crippen LogP contribution in [0, 0.1) is 0 Å². The highest BCUT2D eigenvalue weighted by molar-refractivity contribution is 6.30. The fraction of sp³-hybridized carbons (Fsp3) is 0.235. The Balaban J connectivity index is 0.000000450. The number of aliphatic hydroxyl groups excluding tert-OH is 1. The molecule has 0 amide bonds. The van der Waals surface area contributed by atoms with E-state index in [0.717, 1.165) is 24.2 Å². The summed E-state index contributed by atoms with van der Waals surface area (Å²) in [4.78, 5) is 22.4. The summed E-state index contributed by atoms with van der Waals surface area (Å²) in [5.74, 6) is -3.65. The lowest BCUT2D eigenvalue weighted by atomic mass is 10.1. The zero-order chi connectivity index (χ0) is 18.7. The molecule has 0 fully saturated rings. The Morgan fingerprint density at radius 1 is 1.12 bits per heavy atom. The Labute approximate surface area is 149 Å². The second kappa shape index (κ2) is 11.1. The maximum absolute atomic E-state index is 10.0. The van der Waals surface area contributed by atoms with Crippen LogP contribution in [-0.2, 0) is 16.0 Å². The van der Waals surface area contributed by atoms with Gasteiger partial charge in [-0.25, -0.2) is 9.59 Å². The summed E-state index contributed by atoms with van der Waals surface area (Å²) in [5, 5.41) is 28.6. The van der Waals surface area contributed by atoms with E-state index in [-0.39, 0.29) is 0 Å². The highest BCUT2D eigenvalue weighted by Gasteiger charge is 2.07. The molecule has 8 heteroatoms. The molecule has 1 aromatic heterocycles. The van der Waals surface area contributed by atoms with Crippen molar-refractivity contribution >= 4 is 23.5 Å². The van der Waals surface area contributed by atoms with E-state index >= 15 is 0 Å². The minimum Gasteiger partial charge on any atom is -0.473 e. The molecule has 0 aliphatic carbocycles. The zero-order valence-electron chi connectivity index (χ0n) is 13.3. The quantitative estimate of drug-likeness (QED) is 0.454. The monoisotopic (exact) mass is 366 g/mol. The number of carboxylic acids is 2. The van der Waals surface area contributed by atoms with Crippen molar-refractivity contribution < 1.29 is 24.9 Å². The van der Waals surface area contributed by atoms with Gasteiger partial charge in [-0.1, -0.05) is 29.8 Å². The van der Waals surface area contributed by atoms with Gasteiger partial charge in [0.25, 0.3) is 0 Å². The Morgan fingerprint density at radius 2 is 1.84 bits per heavy atom. The van der Waals surface area contributed by atoms with E-state index in [1.54, 1.807) is 18.3 Å². The summed E-state index contributed by atoms with van der Waals surface area (Å²) in [6.45, 7) is 1.29. The fourth-order valence-corrected chi connectivity index (χ4v) is 2.03. The first-order valence-electron chi connectivity index (χ1n) is 7.40. The highest BCUT2D eigenvalue weighted by Crippen LogP contribution is 2.16. The average Bonchev–Trinajstić information content (AvgIpc) is 2.60. The smallest absolute Gasteiger partial charge is 0.414 e. The van der Waals surface area contributed by atoms with Crippen LogP contribution < -0.4 is 5.32 Å². The summed E-state index contributed by atoms with van der Waals surface area (Å²) in [6, 6.07) is 13.2. The van der Waals surface area contributed by atoms with Crippen LogP contribution in [0.3, 0.4) is 0 Å². The third kappa shape index (κ3) is 8.80. The third-order valence-electron chi connectivity index (χ3n) is 3.04. The minimum atomic E-state index is -1.82. The number of carbonyl (C=O) groups is 2. The number of halogens is 1. The maximum atomic E-state index is 10.0. The molecule has 1 heterocycles. The van der Waals surface area contributed by atoms with E-state index < -0.39 is 18.0 Å². The van der Waals surface area contributed by atoms with Gasteiger partial charge in [0, 0.05) is 36.4 Å². The van der Waals surface area contributed by atoms with Gasteiger partial charge in [0.1, 0.15) is 0 Å². The first kappa shape index (κ1) is 20.6. The fourth-order valence-electron chi connectivity index (χ4n) is 1.83. The molecule has 1 unspecified atom stereocenters. The van der Waals surface area contributed by atoms with Crippen molar-refractivity contribution in [2.75, 3.05) is 13.1 Å². The lowest BCUT2D eigenvalue weighted by molar-refractivity contribution is -0.159. The topological polar surface area (TPSA) is 120 Å². The third-order valence-corrected chi connectivity index (χ3v) is 3.27. The first-order chi connectivity index (χ1) is 11.9. The predicted molar refractivity (Wildman–Crippen MR) is 92.5 cm³/mol. The molecule has 25 heavy (non-hydrogen) atoms. The molecule has 0 saturated carbocycles. The summed E-state index contributed by atoms with van der Waals surface area (Å²) >= 11 is 5.89. The number of carboxylic acid groups (broad SMARTS) is 2. The van der Waals surface area contributed by atoms with Crippen LogP contribution in [0.4, 0.5) is 0 Å². The van der Waals surface area contributed by atoms with Crippen LogP contribution in [0.1, 0.15) is 17.4 Å². The van der Waals surface area contributed by atoms with Crippen molar-refractivity contribution in [3.63, 3.8) is 0 Å². The van der Waals surface area contributed by atoms with Gasteiger partial charge in [-0.05, 0) is 29.8 Å². The van der Waals surface area contributed by atoms with Gasteiger partial charge >= 0.3 is 11.9 Å². The van der Waals surface area contributed by atoms with Crippen molar-refractivity contribution in [3.8, 4) is 0 Å². The molecule has 2 rings (SSSR count). The van der Waals surface area contributed by atoms with E-state index in [2.05, 4.69) is 10.3 Å². The van der Waals surface area contributed by atoms with Gasteiger partial charge in [-0.3, -0.25) is 4.98 Å². The SMILES string of the molecule is O=C(O)C(=O)O.OC(CNCCc1ccccn1)c1cccc(Cl)c1. The number of hydrogen-bond donors (Lipinski definition) is 4. The van der Waals surface area contributed by atoms with Crippen molar-refractivity contribution in [2.24, 2.45) is 0 Å². The summed E-state index contributed by atoms with van der Waals surface area (Å²) < 4.78 is 0. The Hall–Kier alpha value is -2.48. The van der Waals surface area contributed by atoms with Gasteiger partial charge in [-0.2, -0.15) is 0 Å². The summed E-state index contributed by atoms with van der Waals surface area (Å²) in [7, 11) is 0. The number of nitrogens with zero attached hydrogens (tertiary/aromatic N) is 1. The van der Waals surface area contributed by atoms with Crippen LogP contribution in [0.2, 0.25) is 5.02 Å². The van der Waals surface area contributed by atoms with Crippen molar-refractivity contribution in [1.82, 2.24) is 10.3 Å². The Morgan fingerprint density at radius 3 is 2.40 bits per heavy atom.